The molecule has 0 amide bonds. The Labute approximate surface area is 155 Å². The van der Waals surface area contributed by atoms with Gasteiger partial charge in [-0.15, -0.1) is 0 Å². The molecule has 26 heavy (non-hydrogen) atoms. The highest BCUT2D eigenvalue weighted by Gasteiger charge is 2.17. The zero-order valence-electron chi connectivity index (χ0n) is 15.0. The third-order valence-corrected chi connectivity index (χ3v) is 5.31. The van der Waals surface area contributed by atoms with E-state index in [2.05, 4.69) is 66.7 Å². The predicted octanol–water partition coefficient (Wildman–Crippen LogP) is 5.00. The van der Waals surface area contributed by atoms with Crippen LogP contribution < -0.4 is 10.5 Å². The Kier molecular flexibility index (Phi) is 5.03. The second-order valence-corrected chi connectivity index (χ2v) is 7.13. The largest absolute Gasteiger partial charge is 0.489 e. The van der Waals surface area contributed by atoms with E-state index < -0.39 is 0 Å². The minimum atomic E-state index is 0.597. The third kappa shape index (κ3) is 3.81. The van der Waals surface area contributed by atoms with Gasteiger partial charge in [0.25, 0.3) is 0 Å². The van der Waals surface area contributed by atoms with Gasteiger partial charge < -0.3 is 10.5 Å². The first-order chi connectivity index (χ1) is 12.8. The first kappa shape index (κ1) is 16.9. The lowest BCUT2D eigenvalue weighted by molar-refractivity contribution is 0.305. The molecule has 0 heterocycles. The molecule has 0 aliphatic heterocycles. The quantitative estimate of drug-likeness (QED) is 0.708. The third-order valence-electron chi connectivity index (χ3n) is 5.31. The van der Waals surface area contributed by atoms with Crippen molar-refractivity contribution >= 4 is 0 Å². The van der Waals surface area contributed by atoms with Crippen LogP contribution >= 0.6 is 0 Å². The molecule has 0 aromatic heterocycles. The van der Waals surface area contributed by atoms with E-state index in [1.54, 1.807) is 0 Å². The van der Waals surface area contributed by atoms with Crippen LogP contribution in [-0.4, -0.2) is 6.54 Å². The Balaban J connectivity index is 1.40. The summed E-state index contributed by atoms with van der Waals surface area (Å²) < 4.78 is 6.03. The Hall–Kier alpha value is -2.58. The summed E-state index contributed by atoms with van der Waals surface area (Å²) >= 11 is 0. The van der Waals surface area contributed by atoms with Gasteiger partial charge in [-0.2, -0.15) is 0 Å². The van der Waals surface area contributed by atoms with Crippen LogP contribution in [0.25, 0.3) is 11.1 Å². The molecule has 3 aromatic carbocycles. The maximum absolute atomic E-state index is 6.03. The Bertz CT molecular complexity index is 855. The lowest BCUT2D eigenvalue weighted by Crippen LogP contribution is -2.22. The molecule has 0 saturated carbocycles. The van der Waals surface area contributed by atoms with Gasteiger partial charge in [-0.25, -0.2) is 0 Å². The van der Waals surface area contributed by atoms with Crippen molar-refractivity contribution in [2.75, 3.05) is 6.54 Å². The van der Waals surface area contributed by atoms with Crippen molar-refractivity contribution < 1.29 is 4.74 Å². The summed E-state index contributed by atoms with van der Waals surface area (Å²) in [6.07, 6.45) is 3.40. The molecule has 1 aliphatic carbocycles. The number of fused-ring (bicyclic) bond motifs is 1. The first-order valence-corrected chi connectivity index (χ1v) is 9.41. The summed E-state index contributed by atoms with van der Waals surface area (Å²) in [5, 5.41) is 0. The van der Waals surface area contributed by atoms with Crippen LogP contribution in [0, 0.1) is 5.92 Å². The van der Waals surface area contributed by atoms with Gasteiger partial charge in [0, 0.05) is 0 Å². The predicted molar refractivity (Wildman–Crippen MR) is 107 cm³/mol. The molecule has 3 aromatic rings. The minimum absolute atomic E-state index is 0.597. The van der Waals surface area contributed by atoms with Crippen molar-refractivity contribution in [3.05, 3.63) is 89.5 Å². The molecule has 1 aliphatic rings. The average molecular weight is 343 g/mol. The van der Waals surface area contributed by atoms with Gasteiger partial charge in [0.15, 0.2) is 0 Å². The number of rotatable bonds is 5. The summed E-state index contributed by atoms with van der Waals surface area (Å²) in [4.78, 5) is 0. The number of hydrogen-bond donors (Lipinski definition) is 1. The topological polar surface area (TPSA) is 35.2 Å². The molecular formula is C24H25NO. The van der Waals surface area contributed by atoms with E-state index >= 15 is 0 Å². The van der Waals surface area contributed by atoms with E-state index in [1.165, 1.54) is 34.2 Å². The number of ether oxygens (including phenoxy) is 1. The molecule has 132 valence electrons. The van der Waals surface area contributed by atoms with Crippen LogP contribution in [0.15, 0.2) is 72.8 Å². The van der Waals surface area contributed by atoms with Crippen molar-refractivity contribution in [3.63, 3.8) is 0 Å². The Morgan fingerprint density at radius 2 is 1.62 bits per heavy atom. The number of aryl methyl sites for hydroxylation is 1. The normalized spacial score (nSPS) is 16.1. The standard InChI is InChI=1S/C24H25NO/c25-16-19-8-11-23-15-24(13-12-22(23)14-19)26-17-18-6-9-21(10-7-18)20-4-2-1-3-5-20/h1-7,9-10,12-13,15,19H,8,11,14,16-17,25H2. The second kappa shape index (κ2) is 7.76. The summed E-state index contributed by atoms with van der Waals surface area (Å²) in [6.45, 7) is 1.38. The highest BCUT2D eigenvalue weighted by Crippen LogP contribution is 2.28. The van der Waals surface area contributed by atoms with E-state index in [-0.39, 0.29) is 0 Å². The maximum atomic E-state index is 6.03. The van der Waals surface area contributed by atoms with E-state index in [4.69, 9.17) is 10.5 Å². The fourth-order valence-electron chi connectivity index (χ4n) is 3.69. The van der Waals surface area contributed by atoms with Crippen molar-refractivity contribution in [1.29, 1.82) is 0 Å². The zero-order valence-corrected chi connectivity index (χ0v) is 15.0. The molecule has 2 heteroatoms. The number of nitrogens with two attached hydrogens (primary N) is 1. The van der Waals surface area contributed by atoms with Crippen LogP contribution in [0.1, 0.15) is 23.1 Å². The molecule has 1 unspecified atom stereocenters. The highest BCUT2D eigenvalue weighted by atomic mass is 16.5. The van der Waals surface area contributed by atoms with Gasteiger partial charge in [-0.1, -0.05) is 60.7 Å². The van der Waals surface area contributed by atoms with Gasteiger partial charge in [0.05, 0.1) is 0 Å². The van der Waals surface area contributed by atoms with E-state index in [9.17, 15) is 0 Å². The SMILES string of the molecule is NCC1CCc2cc(OCc3ccc(-c4ccccc4)cc3)ccc2C1. The minimum Gasteiger partial charge on any atom is -0.489 e. The van der Waals surface area contributed by atoms with Gasteiger partial charge in [-0.3, -0.25) is 0 Å². The Morgan fingerprint density at radius 1 is 0.846 bits per heavy atom. The maximum Gasteiger partial charge on any atom is 0.120 e. The van der Waals surface area contributed by atoms with Crippen molar-refractivity contribution in [2.45, 2.75) is 25.9 Å². The van der Waals surface area contributed by atoms with Gasteiger partial charge >= 0.3 is 0 Å². The smallest absolute Gasteiger partial charge is 0.120 e. The lowest BCUT2D eigenvalue weighted by Gasteiger charge is -2.23. The summed E-state index contributed by atoms with van der Waals surface area (Å²) in [7, 11) is 0. The van der Waals surface area contributed by atoms with Crippen LogP contribution in [0.2, 0.25) is 0 Å². The van der Waals surface area contributed by atoms with Crippen LogP contribution in [0.5, 0.6) is 5.75 Å². The molecule has 0 fully saturated rings. The number of hydrogen-bond acceptors (Lipinski definition) is 2. The molecule has 0 bridgehead atoms. The summed E-state index contributed by atoms with van der Waals surface area (Å²) in [5.41, 5.74) is 12.3. The summed E-state index contributed by atoms with van der Waals surface area (Å²) in [6, 6.07) is 25.6. The van der Waals surface area contributed by atoms with Crippen LogP contribution in [0.3, 0.4) is 0 Å². The van der Waals surface area contributed by atoms with Gasteiger partial charge in [0.1, 0.15) is 12.4 Å². The van der Waals surface area contributed by atoms with Crippen LogP contribution in [0.4, 0.5) is 0 Å². The van der Waals surface area contributed by atoms with E-state index in [0.717, 1.165) is 25.1 Å². The second-order valence-electron chi connectivity index (χ2n) is 7.13. The van der Waals surface area contributed by atoms with E-state index in [1.807, 2.05) is 6.07 Å². The first-order valence-electron chi connectivity index (χ1n) is 9.41. The van der Waals surface area contributed by atoms with Crippen molar-refractivity contribution in [2.24, 2.45) is 11.7 Å². The molecule has 2 N–H and O–H groups in total. The average Bonchev–Trinajstić information content (AvgIpc) is 2.72. The molecular weight excluding hydrogens is 318 g/mol. The fourth-order valence-corrected chi connectivity index (χ4v) is 3.69. The van der Waals surface area contributed by atoms with E-state index in [0.29, 0.717) is 12.5 Å². The van der Waals surface area contributed by atoms with Crippen molar-refractivity contribution in [1.82, 2.24) is 0 Å². The molecule has 0 saturated heterocycles. The lowest BCUT2D eigenvalue weighted by atomic mass is 9.84. The van der Waals surface area contributed by atoms with Crippen molar-refractivity contribution in [3.8, 4) is 16.9 Å². The fraction of sp³-hybridized carbons (Fsp3) is 0.250. The van der Waals surface area contributed by atoms with Gasteiger partial charge in [0.2, 0.25) is 0 Å². The highest BCUT2D eigenvalue weighted by molar-refractivity contribution is 5.63. The van der Waals surface area contributed by atoms with Gasteiger partial charge in [-0.05, 0) is 71.7 Å². The molecule has 4 rings (SSSR count). The molecule has 1 atom stereocenters. The molecule has 0 spiro atoms. The zero-order chi connectivity index (χ0) is 17.8. The molecule has 2 nitrogen and oxygen atoms in total. The monoisotopic (exact) mass is 343 g/mol. The summed E-state index contributed by atoms with van der Waals surface area (Å²) in [5.74, 6) is 1.60. The molecule has 0 radical (unpaired) electrons. The Morgan fingerprint density at radius 3 is 2.38 bits per heavy atom. The number of benzene rings is 3. The van der Waals surface area contributed by atoms with Crippen LogP contribution in [-0.2, 0) is 19.4 Å².